The molecule has 1 aliphatic carbocycles. The molecule has 9 aromatic carbocycles. The van der Waals surface area contributed by atoms with Crippen molar-refractivity contribution in [3.63, 3.8) is 0 Å². The van der Waals surface area contributed by atoms with E-state index in [2.05, 4.69) is 72.8 Å². The molecule has 0 atom stereocenters. The predicted octanol–water partition coefficient (Wildman–Crippen LogP) is 16.5. The van der Waals surface area contributed by atoms with E-state index < -0.39 is 35.7 Å². The zero-order valence-electron chi connectivity index (χ0n) is 43.9. The third kappa shape index (κ3) is 10.7. The average molecular weight is 1050 g/mol. The topological polar surface area (TPSA) is 118 Å². The number of hydrogen-bond donors (Lipinski definition) is 0. The van der Waals surface area contributed by atoms with Gasteiger partial charge >= 0.3 is 17.9 Å². The van der Waals surface area contributed by atoms with Crippen LogP contribution in [0.1, 0.15) is 19.3 Å². The van der Waals surface area contributed by atoms with E-state index in [1.54, 1.807) is 36.4 Å². The van der Waals surface area contributed by atoms with Crippen LogP contribution in [0.2, 0.25) is 0 Å². The first-order chi connectivity index (χ1) is 39.8. The maximum Gasteiger partial charge on any atom is 0.314 e. The molecule has 1 aliphatic rings. The number of benzene rings is 9. The third-order valence-corrected chi connectivity index (χ3v) is 15.2. The second kappa shape index (κ2) is 22.2. The van der Waals surface area contributed by atoms with E-state index in [9.17, 15) is 14.4 Å². The lowest BCUT2D eigenvalue weighted by Crippen LogP contribution is -2.39. The van der Waals surface area contributed by atoms with Gasteiger partial charge in [0.1, 0.15) is 17.2 Å². The van der Waals surface area contributed by atoms with Crippen LogP contribution in [0.4, 0.5) is 0 Å². The van der Waals surface area contributed by atoms with Gasteiger partial charge in [-0.2, -0.15) is 0 Å². The van der Waals surface area contributed by atoms with Gasteiger partial charge in [-0.05, 0) is 162 Å². The van der Waals surface area contributed by atoms with Gasteiger partial charge in [0, 0.05) is 32.8 Å². The standard InChI is InChI=1S/C72H51N3O6/c76-70(79-55-34-28-49(29-35-55)67-43-61(46-16-4-1-5-17-46)58-22-10-13-25-64(58)73-67)52-40-53(71(77)80-56-36-30-50(31-37-56)68-44-62(47-18-6-2-7-19-47)59-23-11-14-26-65(59)74-68)42-54(41-52)72(78)81-57-38-32-51(33-39-57)69-45-63(48-20-8-3-9-21-48)60-24-12-15-27-66(60)75-69/h1-39,43-45,52-54H,40-42H2. The quantitative estimate of drug-likeness (QED) is 0.0870. The number of esters is 3. The number of fused-ring (bicyclic) bond motifs is 3. The Hall–Kier alpha value is -10.4. The highest BCUT2D eigenvalue weighted by molar-refractivity contribution is 5.99. The van der Waals surface area contributed by atoms with Gasteiger partial charge in [-0.15, -0.1) is 0 Å². The lowest BCUT2D eigenvalue weighted by molar-refractivity contribution is -0.150. The number of carbonyl (C=O) groups excluding carboxylic acids is 3. The van der Waals surface area contributed by atoms with Crippen LogP contribution in [0.25, 0.3) is 99.9 Å². The summed E-state index contributed by atoms with van der Waals surface area (Å²) in [5, 5.41) is 3.14. The van der Waals surface area contributed by atoms with E-state index in [0.29, 0.717) is 17.2 Å². The van der Waals surface area contributed by atoms with Crippen molar-refractivity contribution in [1.29, 1.82) is 0 Å². The Kier molecular flexibility index (Phi) is 13.7. The molecule has 0 saturated heterocycles. The van der Waals surface area contributed by atoms with Gasteiger partial charge in [-0.25, -0.2) is 15.0 Å². The molecule has 0 spiro atoms. The molecule has 0 radical (unpaired) electrons. The number of hydrogen-bond acceptors (Lipinski definition) is 9. The first-order valence-electron chi connectivity index (χ1n) is 27.2. The van der Waals surface area contributed by atoms with Crippen LogP contribution >= 0.6 is 0 Å². The Balaban J connectivity index is 0.747. The van der Waals surface area contributed by atoms with Crippen molar-refractivity contribution >= 4 is 50.6 Å². The molecule has 0 amide bonds. The SMILES string of the molecule is O=C(Oc1ccc(-c2cc(-c3ccccc3)c3ccccc3n2)cc1)C1CC(C(=O)Oc2ccc(-c3cc(-c4ccccc4)c4ccccc4n3)cc2)CC(C(=O)Oc2ccc(-c3cc(-c4ccccc4)c4ccccc4n3)cc2)C1. The molecule has 12 aromatic rings. The molecule has 0 N–H and O–H groups in total. The molecule has 81 heavy (non-hydrogen) atoms. The Morgan fingerprint density at radius 2 is 0.531 bits per heavy atom. The average Bonchev–Trinajstić information content (AvgIpc) is 3.61. The molecular weight excluding hydrogens is 1000 g/mol. The van der Waals surface area contributed by atoms with Crippen molar-refractivity contribution in [2.24, 2.45) is 17.8 Å². The van der Waals surface area contributed by atoms with Crippen LogP contribution in [0.5, 0.6) is 17.2 Å². The van der Waals surface area contributed by atoms with Crippen LogP contribution in [0, 0.1) is 17.8 Å². The summed E-state index contributed by atoms with van der Waals surface area (Å²) in [4.78, 5) is 57.9. The smallest absolute Gasteiger partial charge is 0.314 e. The minimum absolute atomic E-state index is 0.114. The number of aromatic nitrogens is 3. The minimum atomic E-state index is -0.829. The molecule has 3 aromatic heterocycles. The normalized spacial score (nSPS) is 15.0. The van der Waals surface area contributed by atoms with Crippen LogP contribution in [0.3, 0.4) is 0 Å². The number of ether oxygens (including phenoxy) is 3. The van der Waals surface area contributed by atoms with Crippen LogP contribution in [-0.2, 0) is 14.4 Å². The van der Waals surface area contributed by atoms with E-state index in [4.69, 9.17) is 29.2 Å². The zero-order chi connectivity index (χ0) is 54.7. The summed E-state index contributed by atoms with van der Waals surface area (Å²) in [5.41, 5.74) is 13.9. The number of para-hydroxylation sites is 3. The molecule has 9 nitrogen and oxygen atoms in total. The van der Waals surface area contributed by atoms with Crippen molar-refractivity contribution in [3.05, 3.63) is 255 Å². The molecule has 0 bridgehead atoms. The maximum atomic E-state index is 14.3. The van der Waals surface area contributed by atoms with Gasteiger partial charge in [0.15, 0.2) is 0 Å². The maximum absolute atomic E-state index is 14.3. The molecular formula is C72H51N3O6. The van der Waals surface area contributed by atoms with Gasteiger partial charge in [0.05, 0.1) is 51.4 Å². The molecule has 0 unspecified atom stereocenters. The summed E-state index contributed by atoms with van der Waals surface area (Å²) in [5.74, 6) is -3.19. The largest absolute Gasteiger partial charge is 0.426 e. The fourth-order valence-corrected chi connectivity index (χ4v) is 11.1. The zero-order valence-corrected chi connectivity index (χ0v) is 43.9. The number of carbonyl (C=O) groups is 3. The highest BCUT2D eigenvalue weighted by atomic mass is 16.5. The van der Waals surface area contributed by atoms with Crippen molar-refractivity contribution in [3.8, 4) is 84.4 Å². The fraction of sp³-hybridized carbons (Fsp3) is 0.0833. The predicted molar refractivity (Wildman–Crippen MR) is 319 cm³/mol. The summed E-state index contributed by atoms with van der Waals surface area (Å²) >= 11 is 0. The number of rotatable bonds is 12. The monoisotopic (exact) mass is 1050 g/mol. The summed E-state index contributed by atoms with van der Waals surface area (Å²) in [6.07, 6.45) is 0.341. The van der Waals surface area contributed by atoms with E-state index in [1.165, 1.54) is 0 Å². The lowest BCUT2D eigenvalue weighted by atomic mass is 9.75. The Morgan fingerprint density at radius 1 is 0.284 bits per heavy atom. The summed E-state index contributed by atoms with van der Waals surface area (Å²) in [6, 6.07) is 82.8. The molecule has 0 aliphatic heterocycles. The first kappa shape index (κ1) is 50.1. The minimum Gasteiger partial charge on any atom is -0.426 e. The summed E-state index contributed by atoms with van der Waals surface area (Å²) in [7, 11) is 0. The van der Waals surface area contributed by atoms with E-state index in [-0.39, 0.29) is 19.3 Å². The van der Waals surface area contributed by atoms with Crippen molar-refractivity contribution in [2.75, 3.05) is 0 Å². The van der Waals surface area contributed by atoms with Gasteiger partial charge in [-0.3, -0.25) is 14.4 Å². The Morgan fingerprint density at radius 3 is 0.802 bits per heavy atom. The number of pyridine rings is 3. The summed E-state index contributed by atoms with van der Waals surface area (Å²) in [6.45, 7) is 0. The highest BCUT2D eigenvalue weighted by Crippen LogP contribution is 2.40. The summed E-state index contributed by atoms with van der Waals surface area (Å²) < 4.78 is 18.2. The van der Waals surface area contributed by atoms with Gasteiger partial charge < -0.3 is 14.2 Å². The van der Waals surface area contributed by atoms with Crippen LogP contribution in [-0.4, -0.2) is 32.9 Å². The molecule has 390 valence electrons. The Bertz CT molecular complexity index is 3840. The van der Waals surface area contributed by atoms with Crippen LogP contribution in [0.15, 0.2) is 255 Å². The van der Waals surface area contributed by atoms with Gasteiger partial charge in [0.25, 0.3) is 0 Å². The number of nitrogens with zero attached hydrogens (tertiary/aromatic N) is 3. The molecule has 1 fully saturated rings. The van der Waals surface area contributed by atoms with Crippen molar-refractivity contribution in [1.82, 2.24) is 15.0 Å². The first-order valence-corrected chi connectivity index (χ1v) is 27.2. The lowest BCUT2D eigenvalue weighted by Gasteiger charge is -2.31. The molecule has 1 saturated carbocycles. The second-order valence-electron chi connectivity index (χ2n) is 20.4. The molecule has 9 heteroatoms. The Labute approximate surface area is 468 Å². The van der Waals surface area contributed by atoms with Gasteiger partial charge in [-0.1, -0.05) is 146 Å². The molecule has 13 rings (SSSR count). The van der Waals surface area contributed by atoms with Gasteiger partial charge in [0.2, 0.25) is 0 Å². The highest BCUT2D eigenvalue weighted by Gasteiger charge is 2.42. The van der Waals surface area contributed by atoms with E-state index >= 15 is 0 Å². The fourth-order valence-electron chi connectivity index (χ4n) is 11.1. The van der Waals surface area contributed by atoms with E-state index in [1.807, 2.05) is 146 Å². The van der Waals surface area contributed by atoms with Crippen molar-refractivity contribution < 1.29 is 28.6 Å². The third-order valence-electron chi connectivity index (χ3n) is 15.2. The van der Waals surface area contributed by atoms with E-state index in [0.717, 1.165) is 99.9 Å². The van der Waals surface area contributed by atoms with Crippen molar-refractivity contribution in [2.45, 2.75) is 19.3 Å². The molecule has 3 heterocycles. The van der Waals surface area contributed by atoms with Crippen LogP contribution < -0.4 is 14.2 Å². The second-order valence-corrected chi connectivity index (χ2v) is 20.4.